The minimum absolute atomic E-state index is 0.361. The lowest BCUT2D eigenvalue weighted by Crippen LogP contribution is -2.25. The van der Waals surface area contributed by atoms with Gasteiger partial charge in [-0.25, -0.2) is 0 Å². The van der Waals surface area contributed by atoms with Crippen molar-refractivity contribution in [3.05, 3.63) is 42.0 Å². The second-order valence-corrected chi connectivity index (χ2v) is 8.97. The normalized spacial score (nSPS) is 29.7. The third-order valence-corrected chi connectivity index (χ3v) is 7.35. The number of hydrogen-bond donors (Lipinski definition) is 1. The Balaban J connectivity index is 1.34. The molecule has 0 aliphatic heterocycles. The minimum Gasteiger partial charge on any atom is -0.508 e. The van der Waals surface area contributed by atoms with Crippen molar-refractivity contribution in [1.29, 1.82) is 0 Å². The molecular formula is C25H34O. The standard InChI is InChI=1S/C25H34O/c1-2-3-18-4-6-19(7-5-18)20-8-10-21(11-9-20)22-12-13-24-17-25(26)15-14-23(24)16-22/h12-21,26H,2-11H2,1H3. The highest BCUT2D eigenvalue weighted by atomic mass is 16.3. The maximum Gasteiger partial charge on any atom is 0.116 e. The summed E-state index contributed by atoms with van der Waals surface area (Å²) in [6, 6.07) is 12.6. The summed E-state index contributed by atoms with van der Waals surface area (Å²) in [5, 5.41) is 12.1. The van der Waals surface area contributed by atoms with E-state index >= 15 is 0 Å². The van der Waals surface area contributed by atoms with Crippen molar-refractivity contribution >= 4 is 10.8 Å². The topological polar surface area (TPSA) is 20.2 Å². The first kappa shape index (κ1) is 17.9. The molecule has 0 amide bonds. The van der Waals surface area contributed by atoms with Gasteiger partial charge in [0.05, 0.1) is 0 Å². The molecule has 4 rings (SSSR count). The first-order valence-corrected chi connectivity index (χ1v) is 11.0. The van der Waals surface area contributed by atoms with Crippen molar-refractivity contribution in [2.24, 2.45) is 17.8 Å². The lowest BCUT2D eigenvalue weighted by molar-refractivity contribution is 0.156. The van der Waals surface area contributed by atoms with Crippen LogP contribution in [0.1, 0.15) is 82.6 Å². The predicted molar refractivity (Wildman–Crippen MR) is 111 cm³/mol. The second kappa shape index (κ2) is 8.03. The van der Waals surface area contributed by atoms with Crippen molar-refractivity contribution in [1.82, 2.24) is 0 Å². The molecule has 2 fully saturated rings. The minimum atomic E-state index is 0.361. The van der Waals surface area contributed by atoms with Gasteiger partial charge in [0, 0.05) is 0 Å². The van der Waals surface area contributed by atoms with E-state index in [1.165, 1.54) is 75.2 Å². The lowest BCUT2D eigenvalue weighted by atomic mass is 9.68. The first-order valence-electron chi connectivity index (χ1n) is 11.0. The number of fused-ring (bicyclic) bond motifs is 1. The maximum absolute atomic E-state index is 9.65. The van der Waals surface area contributed by atoms with E-state index in [2.05, 4.69) is 31.2 Å². The molecule has 2 aliphatic carbocycles. The molecule has 2 aromatic carbocycles. The van der Waals surface area contributed by atoms with Gasteiger partial charge < -0.3 is 5.11 Å². The van der Waals surface area contributed by atoms with Gasteiger partial charge in [-0.15, -0.1) is 0 Å². The Labute approximate surface area is 158 Å². The zero-order chi connectivity index (χ0) is 17.9. The quantitative estimate of drug-likeness (QED) is 0.608. The van der Waals surface area contributed by atoms with Crippen LogP contribution >= 0.6 is 0 Å². The third kappa shape index (κ3) is 3.92. The highest BCUT2D eigenvalue weighted by molar-refractivity contribution is 5.84. The van der Waals surface area contributed by atoms with E-state index in [1.807, 2.05) is 6.07 Å². The van der Waals surface area contributed by atoms with E-state index in [1.54, 1.807) is 6.07 Å². The van der Waals surface area contributed by atoms with Crippen molar-refractivity contribution in [3.8, 4) is 5.75 Å². The van der Waals surface area contributed by atoms with Gasteiger partial charge in [0.1, 0.15) is 5.75 Å². The number of rotatable bonds is 4. The summed E-state index contributed by atoms with van der Waals surface area (Å²) in [5.41, 5.74) is 1.51. The van der Waals surface area contributed by atoms with E-state index < -0.39 is 0 Å². The SMILES string of the molecule is CCCC1CCC(C2CCC(c3ccc4cc(O)ccc4c3)CC2)CC1. The fraction of sp³-hybridized carbons (Fsp3) is 0.600. The van der Waals surface area contributed by atoms with Crippen molar-refractivity contribution in [2.45, 2.75) is 77.0 Å². The number of aromatic hydroxyl groups is 1. The van der Waals surface area contributed by atoms with Gasteiger partial charge in [0.15, 0.2) is 0 Å². The monoisotopic (exact) mass is 350 g/mol. The van der Waals surface area contributed by atoms with Crippen LogP contribution in [0.3, 0.4) is 0 Å². The van der Waals surface area contributed by atoms with E-state index in [9.17, 15) is 5.11 Å². The average Bonchev–Trinajstić information content (AvgIpc) is 2.69. The summed E-state index contributed by atoms with van der Waals surface area (Å²) in [6.45, 7) is 2.34. The summed E-state index contributed by atoms with van der Waals surface area (Å²) >= 11 is 0. The molecule has 2 aliphatic rings. The summed E-state index contributed by atoms with van der Waals surface area (Å²) < 4.78 is 0. The Hall–Kier alpha value is -1.50. The number of phenols is 1. The van der Waals surface area contributed by atoms with Crippen LogP contribution in [-0.4, -0.2) is 5.11 Å². The van der Waals surface area contributed by atoms with Gasteiger partial charge in [-0.3, -0.25) is 0 Å². The first-order chi connectivity index (χ1) is 12.7. The summed E-state index contributed by atoms with van der Waals surface area (Å²) in [5.74, 6) is 4.14. The molecule has 0 atom stereocenters. The molecule has 0 radical (unpaired) electrons. The molecule has 0 unspecified atom stereocenters. The highest BCUT2D eigenvalue weighted by Gasteiger charge is 2.31. The van der Waals surface area contributed by atoms with Crippen LogP contribution in [0.5, 0.6) is 5.75 Å². The van der Waals surface area contributed by atoms with Crippen LogP contribution in [0.15, 0.2) is 36.4 Å². The Kier molecular flexibility index (Phi) is 5.52. The van der Waals surface area contributed by atoms with Crippen molar-refractivity contribution in [3.63, 3.8) is 0 Å². The molecule has 0 aromatic heterocycles. The number of benzene rings is 2. The van der Waals surface area contributed by atoms with Crippen molar-refractivity contribution < 1.29 is 5.11 Å². The lowest BCUT2D eigenvalue weighted by Gasteiger charge is -2.38. The van der Waals surface area contributed by atoms with E-state index in [0.717, 1.165) is 29.1 Å². The summed E-state index contributed by atoms with van der Waals surface area (Å²) in [6.07, 6.45) is 14.4. The maximum atomic E-state index is 9.65. The van der Waals surface area contributed by atoms with Crippen LogP contribution < -0.4 is 0 Å². The van der Waals surface area contributed by atoms with Crippen LogP contribution in [0.25, 0.3) is 10.8 Å². The fourth-order valence-corrected chi connectivity index (χ4v) is 5.79. The van der Waals surface area contributed by atoms with Crippen LogP contribution in [-0.2, 0) is 0 Å². The molecule has 0 heterocycles. The average molecular weight is 351 g/mol. The molecule has 2 aromatic rings. The molecule has 1 nitrogen and oxygen atoms in total. The second-order valence-electron chi connectivity index (χ2n) is 8.97. The molecule has 1 heteroatoms. The Morgan fingerprint density at radius 3 is 2.08 bits per heavy atom. The summed E-state index contributed by atoms with van der Waals surface area (Å²) in [4.78, 5) is 0. The zero-order valence-electron chi connectivity index (χ0n) is 16.3. The van der Waals surface area contributed by atoms with Gasteiger partial charge in [-0.05, 0) is 90.7 Å². The zero-order valence-corrected chi connectivity index (χ0v) is 16.3. The Morgan fingerprint density at radius 1 is 0.769 bits per heavy atom. The van der Waals surface area contributed by atoms with Gasteiger partial charge in [0.25, 0.3) is 0 Å². The Bertz CT molecular complexity index is 718. The van der Waals surface area contributed by atoms with Crippen molar-refractivity contribution in [2.75, 3.05) is 0 Å². The molecule has 0 bridgehead atoms. The van der Waals surface area contributed by atoms with Gasteiger partial charge in [-0.1, -0.05) is 56.9 Å². The highest BCUT2D eigenvalue weighted by Crippen LogP contribution is 2.44. The van der Waals surface area contributed by atoms with Gasteiger partial charge >= 0.3 is 0 Å². The van der Waals surface area contributed by atoms with Crippen LogP contribution in [0, 0.1) is 17.8 Å². The molecule has 26 heavy (non-hydrogen) atoms. The number of hydrogen-bond acceptors (Lipinski definition) is 1. The van der Waals surface area contributed by atoms with Gasteiger partial charge in [0.2, 0.25) is 0 Å². The fourth-order valence-electron chi connectivity index (χ4n) is 5.79. The summed E-state index contributed by atoms with van der Waals surface area (Å²) in [7, 11) is 0. The predicted octanol–water partition coefficient (Wildman–Crippen LogP) is 7.43. The third-order valence-electron chi connectivity index (χ3n) is 7.35. The molecular weight excluding hydrogens is 316 g/mol. The Morgan fingerprint density at radius 2 is 1.38 bits per heavy atom. The molecule has 2 saturated carbocycles. The molecule has 0 saturated heterocycles. The van der Waals surface area contributed by atoms with E-state index in [-0.39, 0.29) is 0 Å². The molecule has 140 valence electrons. The van der Waals surface area contributed by atoms with Crippen LogP contribution in [0.2, 0.25) is 0 Å². The van der Waals surface area contributed by atoms with Gasteiger partial charge in [-0.2, -0.15) is 0 Å². The van der Waals surface area contributed by atoms with E-state index in [4.69, 9.17) is 0 Å². The molecule has 1 N–H and O–H groups in total. The largest absolute Gasteiger partial charge is 0.508 e. The molecule has 0 spiro atoms. The number of phenolic OH excluding ortho intramolecular Hbond substituents is 1. The van der Waals surface area contributed by atoms with Crippen LogP contribution in [0.4, 0.5) is 0 Å². The smallest absolute Gasteiger partial charge is 0.116 e. The van der Waals surface area contributed by atoms with E-state index in [0.29, 0.717) is 5.75 Å².